The summed E-state index contributed by atoms with van der Waals surface area (Å²) >= 11 is 6.16. The molecule has 2 aliphatic rings. The van der Waals surface area contributed by atoms with Gasteiger partial charge in [0.1, 0.15) is 17.7 Å². The minimum absolute atomic E-state index is 0.0221. The van der Waals surface area contributed by atoms with Gasteiger partial charge in [-0.2, -0.15) is 0 Å². The highest BCUT2D eigenvalue weighted by Crippen LogP contribution is 2.48. The van der Waals surface area contributed by atoms with Crippen LogP contribution in [0.3, 0.4) is 0 Å². The lowest BCUT2D eigenvalue weighted by Gasteiger charge is -2.37. The number of Topliss-reactive ketones (excluding diaryl/α,β-unsaturated/α-hetero) is 1. The van der Waals surface area contributed by atoms with Gasteiger partial charge in [0.05, 0.1) is 0 Å². The topological polar surface area (TPSA) is 104 Å². The zero-order chi connectivity index (χ0) is 20.0. The molecule has 1 aromatic carbocycles. The molecule has 2 N–H and O–H groups in total. The summed E-state index contributed by atoms with van der Waals surface area (Å²) in [7, 11) is 0. The van der Waals surface area contributed by atoms with E-state index in [1.165, 1.54) is 19.1 Å². The normalized spacial score (nSPS) is 27.9. The highest BCUT2D eigenvalue weighted by molar-refractivity contribution is 6.31. The lowest BCUT2D eigenvalue weighted by Crippen LogP contribution is -2.42. The van der Waals surface area contributed by atoms with Crippen molar-refractivity contribution in [2.75, 3.05) is 0 Å². The summed E-state index contributed by atoms with van der Waals surface area (Å²) in [5.74, 6) is -8.46. The Balaban J connectivity index is 2.30. The third-order valence-electron chi connectivity index (χ3n) is 5.19. The van der Waals surface area contributed by atoms with E-state index in [0.29, 0.717) is 5.70 Å². The third kappa shape index (κ3) is 3.06. The number of rotatable bonds is 3. The van der Waals surface area contributed by atoms with Crippen LogP contribution in [0.1, 0.15) is 31.7 Å². The van der Waals surface area contributed by atoms with E-state index >= 15 is 0 Å². The average molecular weight is 394 g/mol. The molecule has 1 aliphatic carbocycles. The SMILES string of the molecule is CC1=NC2=C(C(=O)C(C(=O)O)C(C)C2)C(c2c(F)cccc2Cl)C1C(=O)O. The number of carboxylic acid groups (broad SMARTS) is 2. The number of aliphatic carboxylic acids is 2. The molecule has 0 amide bonds. The molecule has 142 valence electrons. The van der Waals surface area contributed by atoms with E-state index in [1.807, 2.05) is 0 Å². The summed E-state index contributed by atoms with van der Waals surface area (Å²) in [6.07, 6.45) is 0.185. The van der Waals surface area contributed by atoms with E-state index in [0.717, 1.165) is 6.07 Å². The Morgan fingerprint density at radius 3 is 2.41 bits per heavy atom. The maximum atomic E-state index is 14.6. The minimum atomic E-state index is -1.33. The number of benzene rings is 1. The molecule has 4 atom stereocenters. The third-order valence-corrected chi connectivity index (χ3v) is 5.52. The fourth-order valence-corrected chi connectivity index (χ4v) is 4.31. The van der Waals surface area contributed by atoms with Crippen molar-refractivity contribution in [2.24, 2.45) is 22.7 Å². The van der Waals surface area contributed by atoms with Crippen LogP contribution in [0.2, 0.25) is 5.02 Å². The van der Waals surface area contributed by atoms with Crippen LogP contribution in [0.5, 0.6) is 0 Å². The van der Waals surface area contributed by atoms with Gasteiger partial charge in [0.25, 0.3) is 0 Å². The molecule has 0 saturated heterocycles. The highest BCUT2D eigenvalue weighted by Gasteiger charge is 2.49. The van der Waals surface area contributed by atoms with Gasteiger partial charge in [-0.1, -0.05) is 24.6 Å². The summed E-state index contributed by atoms with van der Waals surface area (Å²) in [4.78, 5) is 40.8. The molecule has 0 saturated carbocycles. The van der Waals surface area contributed by atoms with Crippen LogP contribution in [0.15, 0.2) is 34.5 Å². The first-order valence-electron chi connectivity index (χ1n) is 8.37. The zero-order valence-electron chi connectivity index (χ0n) is 14.6. The smallest absolute Gasteiger partial charge is 0.314 e. The van der Waals surface area contributed by atoms with Crippen LogP contribution in [-0.2, 0) is 14.4 Å². The van der Waals surface area contributed by atoms with Crippen LogP contribution in [-0.4, -0.2) is 33.6 Å². The Morgan fingerprint density at radius 2 is 1.85 bits per heavy atom. The van der Waals surface area contributed by atoms with E-state index in [9.17, 15) is 29.0 Å². The van der Waals surface area contributed by atoms with Crippen molar-refractivity contribution < 1.29 is 29.0 Å². The number of ketones is 1. The van der Waals surface area contributed by atoms with E-state index in [4.69, 9.17) is 11.6 Å². The van der Waals surface area contributed by atoms with Gasteiger partial charge in [-0.15, -0.1) is 0 Å². The second-order valence-electron chi connectivity index (χ2n) is 6.90. The first-order chi connectivity index (χ1) is 12.6. The molecule has 3 rings (SSSR count). The first-order valence-corrected chi connectivity index (χ1v) is 8.74. The van der Waals surface area contributed by atoms with E-state index in [1.54, 1.807) is 6.92 Å². The summed E-state index contributed by atoms with van der Waals surface area (Å²) < 4.78 is 14.6. The molecular weight excluding hydrogens is 377 g/mol. The molecular formula is C19H17ClFNO5. The Labute approximate surface area is 159 Å². The molecule has 1 aromatic rings. The molecule has 0 aromatic heterocycles. The number of carboxylic acids is 2. The number of hydrogen-bond acceptors (Lipinski definition) is 4. The van der Waals surface area contributed by atoms with Crippen molar-refractivity contribution in [3.05, 3.63) is 45.9 Å². The quantitative estimate of drug-likeness (QED) is 0.767. The van der Waals surface area contributed by atoms with Gasteiger partial charge in [0.2, 0.25) is 0 Å². The van der Waals surface area contributed by atoms with Crippen LogP contribution in [0, 0.1) is 23.6 Å². The largest absolute Gasteiger partial charge is 0.481 e. The van der Waals surface area contributed by atoms with Gasteiger partial charge in [-0.3, -0.25) is 19.4 Å². The number of hydrogen-bond donors (Lipinski definition) is 2. The molecule has 4 unspecified atom stereocenters. The molecule has 1 aliphatic heterocycles. The number of aliphatic imine (C=N–C) groups is 1. The van der Waals surface area contributed by atoms with E-state index < -0.39 is 47.2 Å². The van der Waals surface area contributed by atoms with Gasteiger partial charge < -0.3 is 10.2 Å². The maximum absolute atomic E-state index is 14.6. The van der Waals surface area contributed by atoms with Crippen molar-refractivity contribution in [1.82, 2.24) is 0 Å². The Kier molecular flexibility index (Phi) is 4.90. The molecule has 0 spiro atoms. The Morgan fingerprint density at radius 1 is 1.22 bits per heavy atom. The summed E-state index contributed by atoms with van der Waals surface area (Å²) in [5, 5.41) is 19.2. The van der Waals surface area contributed by atoms with Gasteiger partial charge in [-0.05, 0) is 31.4 Å². The lowest BCUT2D eigenvalue weighted by molar-refractivity contribution is -0.147. The van der Waals surface area contributed by atoms with E-state index in [2.05, 4.69) is 4.99 Å². The Hall–Kier alpha value is -2.54. The summed E-state index contributed by atoms with van der Waals surface area (Å²) in [5.41, 5.74) is 0.342. The van der Waals surface area contributed by atoms with Gasteiger partial charge in [-0.25, -0.2) is 4.39 Å². The van der Waals surface area contributed by atoms with Crippen molar-refractivity contribution in [1.29, 1.82) is 0 Å². The molecule has 6 nitrogen and oxygen atoms in total. The van der Waals surface area contributed by atoms with Crippen LogP contribution in [0.25, 0.3) is 0 Å². The number of allylic oxidation sites excluding steroid dienone is 2. The fraction of sp³-hybridized carbons (Fsp3) is 0.368. The maximum Gasteiger partial charge on any atom is 0.314 e. The fourth-order valence-electron chi connectivity index (χ4n) is 4.03. The second-order valence-corrected chi connectivity index (χ2v) is 7.31. The standard InChI is InChI=1S/C19H17ClFNO5/c1-7-6-11-15(17(23)12(7)18(24)25)16(13(19(26)27)8(2)22-11)14-9(20)4-3-5-10(14)21/h3-5,7,12-13,16H,6H2,1-2H3,(H,24,25)(H,26,27). The molecule has 0 bridgehead atoms. The van der Waals surface area contributed by atoms with Gasteiger partial charge in [0, 0.05) is 33.5 Å². The molecule has 1 heterocycles. The number of carbonyl (C=O) groups excluding carboxylic acids is 1. The highest BCUT2D eigenvalue weighted by atomic mass is 35.5. The summed E-state index contributed by atoms with van der Waals surface area (Å²) in [6.45, 7) is 3.13. The molecule has 27 heavy (non-hydrogen) atoms. The van der Waals surface area contributed by atoms with Gasteiger partial charge >= 0.3 is 11.9 Å². The van der Waals surface area contributed by atoms with Crippen LogP contribution < -0.4 is 0 Å². The molecule has 0 radical (unpaired) electrons. The van der Waals surface area contributed by atoms with Gasteiger partial charge in [0.15, 0.2) is 5.78 Å². The molecule has 0 fully saturated rings. The predicted octanol–water partition coefficient (Wildman–Crippen LogP) is 3.30. The number of nitrogens with zero attached hydrogens (tertiary/aromatic N) is 1. The van der Waals surface area contributed by atoms with Crippen LogP contribution in [0.4, 0.5) is 4.39 Å². The molecule has 8 heteroatoms. The number of carbonyl (C=O) groups is 3. The lowest BCUT2D eigenvalue weighted by atomic mass is 9.67. The monoisotopic (exact) mass is 393 g/mol. The Bertz CT molecular complexity index is 902. The van der Waals surface area contributed by atoms with Crippen molar-refractivity contribution in [2.45, 2.75) is 26.2 Å². The van der Waals surface area contributed by atoms with E-state index in [-0.39, 0.29) is 28.3 Å². The number of halogens is 2. The predicted molar refractivity (Wildman–Crippen MR) is 95.3 cm³/mol. The van der Waals surface area contributed by atoms with Crippen molar-refractivity contribution in [3.8, 4) is 0 Å². The zero-order valence-corrected chi connectivity index (χ0v) is 15.3. The summed E-state index contributed by atoms with van der Waals surface area (Å²) in [6, 6.07) is 3.91. The first kappa shape index (κ1) is 19.2. The minimum Gasteiger partial charge on any atom is -0.481 e. The van der Waals surface area contributed by atoms with Crippen molar-refractivity contribution in [3.63, 3.8) is 0 Å². The second kappa shape index (κ2) is 6.88. The van der Waals surface area contributed by atoms with Crippen LogP contribution >= 0.6 is 11.6 Å². The average Bonchev–Trinajstić information content (AvgIpc) is 2.52. The van der Waals surface area contributed by atoms with Crippen molar-refractivity contribution >= 4 is 35.0 Å².